The van der Waals surface area contributed by atoms with Crippen LogP contribution in [0.2, 0.25) is 0 Å². The predicted octanol–water partition coefficient (Wildman–Crippen LogP) is 1.92. The summed E-state index contributed by atoms with van der Waals surface area (Å²) in [7, 11) is 0. The molecule has 0 atom stereocenters. The van der Waals surface area contributed by atoms with Crippen LogP contribution in [0, 0.1) is 12.7 Å². The van der Waals surface area contributed by atoms with Crippen molar-refractivity contribution >= 4 is 5.91 Å². The van der Waals surface area contributed by atoms with Crippen molar-refractivity contribution < 1.29 is 14.3 Å². The number of amides is 1. The first-order valence-electron chi connectivity index (χ1n) is 7.35. The number of rotatable bonds is 5. The molecule has 1 aliphatic rings. The molecule has 0 bridgehead atoms. The molecular weight excluding hydrogens is 285 g/mol. The third kappa shape index (κ3) is 2.62. The lowest BCUT2D eigenvalue weighted by Gasteiger charge is -2.21. The Morgan fingerprint density at radius 1 is 1.45 bits per heavy atom. The van der Waals surface area contributed by atoms with Crippen molar-refractivity contribution in [3.63, 3.8) is 0 Å². The van der Waals surface area contributed by atoms with Crippen molar-refractivity contribution in [3.05, 3.63) is 47.5 Å². The maximum absolute atomic E-state index is 13.9. The highest BCUT2D eigenvalue weighted by Crippen LogP contribution is 2.29. The summed E-state index contributed by atoms with van der Waals surface area (Å²) in [5, 5.41) is 13.3. The second kappa shape index (κ2) is 5.88. The summed E-state index contributed by atoms with van der Waals surface area (Å²) in [5.41, 5.74) is 1.36. The first-order valence-corrected chi connectivity index (χ1v) is 7.35. The fourth-order valence-electron chi connectivity index (χ4n) is 2.58. The summed E-state index contributed by atoms with van der Waals surface area (Å²) in [5.74, 6) is -0.543. The van der Waals surface area contributed by atoms with Gasteiger partial charge in [0.25, 0.3) is 5.91 Å². The minimum Gasteiger partial charge on any atom is -0.395 e. The van der Waals surface area contributed by atoms with Crippen molar-refractivity contribution in [3.8, 4) is 5.69 Å². The Morgan fingerprint density at radius 2 is 2.18 bits per heavy atom. The SMILES string of the molecule is Cc1c(C(=O)N(CCO)C2CC2)cnn1-c1ccccc1F. The van der Waals surface area contributed by atoms with Crippen LogP contribution in [0.4, 0.5) is 4.39 Å². The highest BCUT2D eigenvalue weighted by molar-refractivity contribution is 5.95. The molecule has 1 N–H and O–H groups in total. The Bertz CT molecular complexity index is 694. The Labute approximate surface area is 128 Å². The molecule has 116 valence electrons. The summed E-state index contributed by atoms with van der Waals surface area (Å²) < 4.78 is 15.3. The van der Waals surface area contributed by atoms with E-state index in [1.54, 1.807) is 30.0 Å². The number of para-hydroxylation sites is 1. The highest BCUT2D eigenvalue weighted by Gasteiger charge is 2.34. The van der Waals surface area contributed by atoms with Gasteiger partial charge in [-0.15, -0.1) is 0 Å². The van der Waals surface area contributed by atoms with Gasteiger partial charge in [-0.2, -0.15) is 5.10 Å². The van der Waals surface area contributed by atoms with Crippen LogP contribution in [0.1, 0.15) is 28.9 Å². The van der Waals surface area contributed by atoms with Crippen LogP contribution in [0.5, 0.6) is 0 Å². The van der Waals surface area contributed by atoms with E-state index in [1.807, 2.05) is 0 Å². The zero-order valence-corrected chi connectivity index (χ0v) is 12.4. The largest absolute Gasteiger partial charge is 0.395 e. The molecule has 5 nitrogen and oxygen atoms in total. The lowest BCUT2D eigenvalue weighted by Crippen LogP contribution is -2.35. The molecule has 1 amide bonds. The van der Waals surface area contributed by atoms with Gasteiger partial charge in [0.1, 0.15) is 11.5 Å². The molecule has 1 saturated carbocycles. The summed E-state index contributed by atoms with van der Waals surface area (Å²) in [6.07, 6.45) is 3.40. The van der Waals surface area contributed by atoms with Crippen LogP contribution in [0.25, 0.3) is 5.69 Å². The van der Waals surface area contributed by atoms with Gasteiger partial charge < -0.3 is 10.0 Å². The Morgan fingerprint density at radius 3 is 2.82 bits per heavy atom. The van der Waals surface area contributed by atoms with Crippen LogP contribution >= 0.6 is 0 Å². The second-order valence-corrected chi connectivity index (χ2v) is 5.46. The van der Waals surface area contributed by atoms with Crippen molar-refractivity contribution in [1.82, 2.24) is 14.7 Å². The number of carbonyl (C=O) groups is 1. The van der Waals surface area contributed by atoms with Crippen LogP contribution in [0.3, 0.4) is 0 Å². The molecule has 1 aromatic carbocycles. The molecule has 0 unspecified atom stereocenters. The Hall–Kier alpha value is -2.21. The minimum absolute atomic E-state index is 0.0667. The predicted molar refractivity (Wildman–Crippen MR) is 79.4 cm³/mol. The summed E-state index contributed by atoms with van der Waals surface area (Å²) >= 11 is 0. The van der Waals surface area contributed by atoms with Gasteiger partial charge in [-0.3, -0.25) is 4.79 Å². The first kappa shape index (κ1) is 14.7. The van der Waals surface area contributed by atoms with Crippen molar-refractivity contribution in [2.45, 2.75) is 25.8 Å². The molecule has 1 aliphatic carbocycles. The number of aliphatic hydroxyl groups excluding tert-OH is 1. The molecule has 1 aromatic heterocycles. The van der Waals surface area contributed by atoms with Crippen LogP contribution in [0.15, 0.2) is 30.5 Å². The zero-order chi connectivity index (χ0) is 15.7. The van der Waals surface area contributed by atoms with E-state index < -0.39 is 0 Å². The van der Waals surface area contributed by atoms with Gasteiger partial charge in [0.2, 0.25) is 0 Å². The van der Waals surface area contributed by atoms with Crippen LogP contribution in [-0.4, -0.2) is 44.9 Å². The third-order valence-corrected chi connectivity index (χ3v) is 3.91. The van der Waals surface area contributed by atoms with Crippen molar-refractivity contribution in [2.24, 2.45) is 0 Å². The summed E-state index contributed by atoms with van der Waals surface area (Å²) in [6.45, 7) is 1.99. The average Bonchev–Trinajstić information content (AvgIpc) is 3.28. The number of halogens is 1. The molecule has 0 spiro atoms. The monoisotopic (exact) mass is 303 g/mol. The van der Waals surface area contributed by atoms with Gasteiger partial charge >= 0.3 is 0 Å². The van der Waals surface area contributed by atoms with Crippen LogP contribution in [-0.2, 0) is 0 Å². The number of aliphatic hydroxyl groups is 1. The van der Waals surface area contributed by atoms with Gasteiger partial charge in [-0.1, -0.05) is 12.1 Å². The second-order valence-electron chi connectivity index (χ2n) is 5.46. The van der Waals surface area contributed by atoms with E-state index >= 15 is 0 Å². The van der Waals surface area contributed by atoms with E-state index in [-0.39, 0.29) is 24.4 Å². The lowest BCUT2D eigenvalue weighted by molar-refractivity contribution is 0.0707. The van der Waals surface area contributed by atoms with E-state index in [9.17, 15) is 9.18 Å². The molecule has 6 heteroatoms. The van der Waals surface area contributed by atoms with E-state index in [1.165, 1.54) is 16.9 Å². The molecule has 1 heterocycles. The van der Waals surface area contributed by atoms with Gasteiger partial charge in [0.05, 0.1) is 24.1 Å². The number of benzene rings is 1. The lowest BCUT2D eigenvalue weighted by atomic mass is 10.2. The summed E-state index contributed by atoms with van der Waals surface area (Å²) in [6, 6.07) is 6.52. The van der Waals surface area contributed by atoms with Gasteiger partial charge in [0, 0.05) is 12.6 Å². The normalized spacial score (nSPS) is 14.1. The fraction of sp³-hybridized carbons (Fsp3) is 0.375. The molecule has 0 radical (unpaired) electrons. The number of hydrogen-bond donors (Lipinski definition) is 1. The smallest absolute Gasteiger partial charge is 0.257 e. The number of carbonyl (C=O) groups excluding carboxylic acids is 1. The fourth-order valence-corrected chi connectivity index (χ4v) is 2.58. The van der Waals surface area contributed by atoms with E-state index in [2.05, 4.69) is 5.10 Å². The van der Waals surface area contributed by atoms with Gasteiger partial charge in [-0.05, 0) is 31.9 Å². The first-order chi connectivity index (χ1) is 10.6. The average molecular weight is 303 g/mol. The Balaban J connectivity index is 1.93. The van der Waals surface area contributed by atoms with E-state index in [4.69, 9.17) is 5.11 Å². The van der Waals surface area contributed by atoms with Crippen molar-refractivity contribution in [2.75, 3.05) is 13.2 Å². The molecular formula is C16H18FN3O2. The number of hydrogen-bond acceptors (Lipinski definition) is 3. The molecule has 3 rings (SSSR count). The van der Waals surface area contributed by atoms with E-state index in [0.717, 1.165) is 12.8 Å². The minimum atomic E-state index is -0.387. The Kier molecular flexibility index (Phi) is 3.94. The van der Waals surface area contributed by atoms with Gasteiger partial charge in [-0.25, -0.2) is 9.07 Å². The van der Waals surface area contributed by atoms with Crippen molar-refractivity contribution in [1.29, 1.82) is 0 Å². The number of nitrogens with zero attached hydrogens (tertiary/aromatic N) is 3. The summed E-state index contributed by atoms with van der Waals surface area (Å²) in [4.78, 5) is 14.3. The molecule has 22 heavy (non-hydrogen) atoms. The highest BCUT2D eigenvalue weighted by atomic mass is 19.1. The quantitative estimate of drug-likeness (QED) is 0.918. The standard InChI is InChI=1S/C16H18FN3O2/c1-11-13(16(22)19(8-9-21)12-6-7-12)10-18-20(11)15-5-3-2-4-14(15)17/h2-5,10,12,21H,6-9H2,1H3. The maximum Gasteiger partial charge on any atom is 0.257 e. The van der Waals surface area contributed by atoms with Gasteiger partial charge in [0.15, 0.2) is 0 Å². The number of aromatic nitrogens is 2. The van der Waals surface area contributed by atoms with Crippen LogP contribution < -0.4 is 0 Å². The molecule has 0 aliphatic heterocycles. The zero-order valence-electron chi connectivity index (χ0n) is 12.4. The van der Waals surface area contributed by atoms with E-state index in [0.29, 0.717) is 23.5 Å². The topological polar surface area (TPSA) is 58.4 Å². The molecule has 0 saturated heterocycles. The maximum atomic E-state index is 13.9. The third-order valence-electron chi connectivity index (χ3n) is 3.91. The molecule has 1 fully saturated rings. The molecule has 2 aromatic rings.